The van der Waals surface area contributed by atoms with E-state index < -0.39 is 9.84 Å². The highest BCUT2D eigenvalue weighted by Gasteiger charge is 2.34. The van der Waals surface area contributed by atoms with Crippen LogP contribution < -0.4 is 0 Å². The molecule has 1 aromatic carbocycles. The first-order chi connectivity index (χ1) is 11.0. The van der Waals surface area contributed by atoms with Crippen LogP contribution in [0.25, 0.3) is 5.69 Å². The van der Waals surface area contributed by atoms with Gasteiger partial charge in [-0.1, -0.05) is 6.07 Å². The Morgan fingerprint density at radius 3 is 2.61 bits per heavy atom. The van der Waals surface area contributed by atoms with E-state index in [-0.39, 0.29) is 23.5 Å². The maximum absolute atomic E-state index is 12.8. The fraction of sp³-hybridized carbons (Fsp3) is 0.353. The third-order valence-corrected chi connectivity index (χ3v) is 6.00. The van der Waals surface area contributed by atoms with Crippen molar-refractivity contribution in [2.45, 2.75) is 19.4 Å². The summed E-state index contributed by atoms with van der Waals surface area (Å²) in [7, 11) is -3.01. The van der Waals surface area contributed by atoms with Crippen LogP contribution in [0.1, 0.15) is 23.7 Å². The smallest absolute Gasteiger partial charge is 0.254 e. The molecular weight excluding hydrogens is 312 g/mol. The fourth-order valence-electron chi connectivity index (χ4n) is 3.06. The van der Waals surface area contributed by atoms with E-state index in [1.807, 2.05) is 54.2 Å². The van der Waals surface area contributed by atoms with E-state index in [4.69, 9.17) is 0 Å². The third-order valence-electron chi connectivity index (χ3n) is 4.25. The van der Waals surface area contributed by atoms with Crippen LogP contribution in [0.4, 0.5) is 0 Å². The molecule has 5 nitrogen and oxygen atoms in total. The van der Waals surface area contributed by atoms with Crippen LogP contribution in [0.3, 0.4) is 0 Å². The fourth-order valence-corrected chi connectivity index (χ4v) is 4.79. The van der Waals surface area contributed by atoms with Crippen molar-refractivity contribution in [2.24, 2.45) is 0 Å². The van der Waals surface area contributed by atoms with Crippen molar-refractivity contribution in [3.63, 3.8) is 0 Å². The lowest BCUT2D eigenvalue weighted by molar-refractivity contribution is 0.0708. The number of benzene rings is 1. The van der Waals surface area contributed by atoms with E-state index in [1.165, 1.54) is 0 Å². The Morgan fingerprint density at radius 2 is 2.00 bits per heavy atom. The summed E-state index contributed by atoms with van der Waals surface area (Å²) in [5.74, 6) is 0.137. The van der Waals surface area contributed by atoms with Crippen LogP contribution in [-0.4, -0.2) is 47.9 Å². The number of aromatic nitrogens is 1. The van der Waals surface area contributed by atoms with Crippen LogP contribution >= 0.6 is 0 Å². The lowest BCUT2D eigenvalue weighted by atomic mass is 10.1. The van der Waals surface area contributed by atoms with E-state index in [9.17, 15) is 13.2 Å². The second-order valence-corrected chi connectivity index (χ2v) is 8.02. The number of amides is 1. The highest BCUT2D eigenvalue weighted by Crippen LogP contribution is 2.21. The minimum Gasteiger partial charge on any atom is -0.335 e. The summed E-state index contributed by atoms with van der Waals surface area (Å²) in [5.41, 5.74) is 1.50. The molecule has 3 rings (SSSR count). The predicted molar refractivity (Wildman–Crippen MR) is 89.5 cm³/mol. The first kappa shape index (κ1) is 15.8. The first-order valence-corrected chi connectivity index (χ1v) is 9.57. The molecule has 0 saturated carbocycles. The Kier molecular flexibility index (Phi) is 4.26. The zero-order chi connectivity index (χ0) is 16.4. The molecular formula is C17H20N2O3S. The SMILES string of the molecule is CCN(C(=O)c1cccc(-n2cccc2)c1)C1CCS(=O)(=O)C1. The van der Waals surface area contributed by atoms with Crippen molar-refractivity contribution >= 4 is 15.7 Å². The van der Waals surface area contributed by atoms with Gasteiger partial charge in [0.25, 0.3) is 5.91 Å². The molecule has 0 bridgehead atoms. The van der Waals surface area contributed by atoms with Crippen molar-refractivity contribution in [3.8, 4) is 5.69 Å². The van der Waals surface area contributed by atoms with Gasteiger partial charge in [-0.25, -0.2) is 8.42 Å². The number of hydrogen-bond acceptors (Lipinski definition) is 3. The Labute approximate surface area is 136 Å². The number of sulfone groups is 1. The number of carbonyl (C=O) groups is 1. The highest BCUT2D eigenvalue weighted by atomic mass is 32.2. The Hall–Kier alpha value is -2.08. The zero-order valence-corrected chi connectivity index (χ0v) is 13.9. The number of carbonyl (C=O) groups excluding carboxylic acids is 1. The van der Waals surface area contributed by atoms with E-state index in [2.05, 4.69) is 0 Å². The van der Waals surface area contributed by atoms with E-state index in [0.717, 1.165) is 5.69 Å². The monoisotopic (exact) mass is 332 g/mol. The van der Waals surface area contributed by atoms with Crippen LogP contribution in [-0.2, 0) is 9.84 Å². The average molecular weight is 332 g/mol. The summed E-state index contributed by atoms with van der Waals surface area (Å²) >= 11 is 0. The Balaban J connectivity index is 1.85. The molecule has 0 radical (unpaired) electrons. The summed E-state index contributed by atoms with van der Waals surface area (Å²) in [4.78, 5) is 14.5. The van der Waals surface area contributed by atoms with Gasteiger partial charge < -0.3 is 9.47 Å². The van der Waals surface area contributed by atoms with Crippen molar-refractivity contribution in [2.75, 3.05) is 18.1 Å². The lowest BCUT2D eigenvalue weighted by Gasteiger charge is -2.27. The van der Waals surface area contributed by atoms with E-state index in [0.29, 0.717) is 18.5 Å². The van der Waals surface area contributed by atoms with Crippen LogP contribution in [0.2, 0.25) is 0 Å². The molecule has 1 amide bonds. The highest BCUT2D eigenvalue weighted by molar-refractivity contribution is 7.91. The lowest BCUT2D eigenvalue weighted by Crippen LogP contribution is -2.41. The van der Waals surface area contributed by atoms with Gasteiger partial charge in [0.1, 0.15) is 0 Å². The normalized spacial score (nSPS) is 19.6. The summed E-state index contributed by atoms with van der Waals surface area (Å²) in [6.07, 6.45) is 4.37. The second-order valence-electron chi connectivity index (χ2n) is 5.79. The van der Waals surface area contributed by atoms with Gasteiger partial charge in [0.15, 0.2) is 9.84 Å². The Bertz CT molecular complexity index is 797. The molecule has 122 valence electrons. The van der Waals surface area contributed by atoms with Gasteiger partial charge in [-0.05, 0) is 43.7 Å². The average Bonchev–Trinajstić information content (AvgIpc) is 3.18. The topological polar surface area (TPSA) is 59.4 Å². The van der Waals surface area contributed by atoms with E-state index >= 15 is 0 Å². The minimum absolute atomic E-state index is 0.0733. The predicted octanol–water partition coefficient (Wildman–Crippen LogP) is 2.13. The summed E-state index contributed by atoms with van der Waals surface area (Å²) < 4.78 is 25.3. The quantitative estimate of drug-likeness (QED) is 0.862. The molecule has 1 aliphatic rings. The number of rotatable bonds is 4. The van der Waals surface area contributed by atoms with Crippen molar-refractivity contribution in [1.29, 1.82) is 0 Å². The second kappa shape index (κ2) is 6.20. The van der Waals surface area contributed by atoms with Crippen LogP contribution in [0.5, 0.6) is 0 Å². The molecule has 1 aliphatic heterocycles. The van der Waals surface area contributed by atoms with Crippen LogP contribution in [0, 0.1) is 0 Å². The number of nitrogens with zero attached hydrogens (tertiary/aromatic N) is 2. The molecule has 23 heavy (non-hydrogen) atoms. The van der Waals surface area contributed by atoms with Gasteiger partial charge in [0.2, 0.25) is 0 Å². The first-order valence-electron chi connectivity index (χ1n) is 7.75. The van der Waals surface area contributed by atoms with Crippen molar-refractivity contribution < 1.29 is 13.2 Å². The van der Waals surface area contributed by atoms with Gasteiger partial charge in [0.05, 0.1) is 11.5 Å². The molecule has 2 heterocycles. The largest absolute Gasteiger partial charge is 0.335 e. The summed E-state index contributed by atoms with van der Waals surface area (Å²) in [5, 5.41) is 0. The number of hydrogen-bond donors (Lipinski definition) is 0. The molecule has 1 atom stereocenters. The van der Waals surface area contributed by atoms with Gasteiger partial charge in [-0.3, -0.25) is 4.79 Å². The molecule has 1 fully saturated rings. The molecule has 0 N–H and O–H groups in total. The molecule has 0 aliphatic carbocycles. The van der Waals surface area contributed by atoms with Crippen molar-refractivity contribution in [1.82, 2.24) is 9.47 Å². The molecule has 2 aromatic rings. The van der Waals surface area contributed by atoms with Gasteiger partial charge in [0, 0.05) is 36.2 Å². The molecule has 6 heteroatoms. The molecule has 0 spiro atoms. The standard InChI is InChI=1S/C17H20N2O3S/c1-2-19(16-8-11-23(21,22)13-16)17(20)14-6-5-7-15(12-14)18-9-3-4-10-18/h3-7,9-10,12,16H,2,8,11,13H2,1H3. The molecule has 1 saturated heterocycles. The summed E-state index contributed by atoms with van der Waals surface area (Å²) in [6, 6.07) is 11.0. The van der Waals surface area contributed by atoms with Gasteiger partial charge >= 0.3 is 0 Å². The minimum atomic E-state index is -3.01. The van der Waals surface area contributed by atoms with E-state index in [1.54, 1.807) is 11.0 Å². The summed E-state index contributed by atoms with van der Waals surface area (Å²) in [6.45, 7) is 2.39. The van der Waals surface area contributed by atoms with Gasteiger partial charge in [-0.2, -0.15) is 0 Å². The van der Waals surface area contributed by atoms with Crippen LogP contribution in [0.15, 0.2) is 48.8 Å². The zero-order valence-electron chi connectivity index (χ0n) is 13.1. The molecule has 1 unspecified atom stereocenters. The maximum Gasteiger partial charge on any atom is 0.254 e. The van der Waals surface area contributed by atoms with Gasteiger partial charge in [-0.15, -0.1) is 0 Å². The maximum atomic E-state index is 12.8. The molecule has 1 aromatic heterocycles. The Morgan fingerprint density at radius 1 is 1.26 bits per heavy atom. The third kappa shape index (κ3) is 3.32. The van der Waals surface area contributed by atoms with Crippen molar-refractivity contribution in [3.05, 3.63) is 54.4 Å².